The topological polar surface area (TPSA) is 35.2 Å². The number of ether oxygens (including phenoxy) is 1. The van der Waals surface area contributed by atoms with E-state index in [1.807, 2.05) is 0 Å². The van der Waals surface area contributed by atoms with Crippen molar-refractivity contribution in [1.82, 2.24) is 0 Å². The van der Waals surface area contributed by atoms with Gasteiger partial charge in [0.05, 0.1) is 7.11 Å². The van der Waals surface area contributed by atoms with Crippen LogP contribution in [0.2, 0.25) is 0 Å². The van der Waals surface area contributed by atoms with E-state index in [4.69, 9.17) is 10.5 Å². The molecule has 17 heavy (non-hydrogen) atoms. The predicted octanol–water partition coefficient (Wildman–Crippen LogP) is 2.91. The molecule has 0 aromatic heterocycles. The third kappa shape index (κ3) is 1.82. The van der Waals surface area contributed by atoms with Gasteiger partial charge in [0.15, 0.2) is 0 Å². The van der Waals surface area contributed by atoms with Crippen molar-refractivity contribution in [3.05, 3.63) is 29.1 Å². The van der Waals surface area contributed by atoms with Gasteiger partial charge in [0.2, 0.25) is 0 Å². The van der Waals surface area contributed by atoms with Crippen molar-refractivity contribution in [3.8, 4) is 5.75 Å². The summed E-state index contributed by atoms with van der Waals surface area (Å²) < 4.78 is 19.1. The molecule has 0 bridgehead atoms. The molecule has 2 N–H and O–H groups in total. The summed E-state index contributed by atoms with van der Waals surface area (Å²) >= 11 is 0. The average molecular weight is 237 g/mol. The minimum atomic E-state index is -0.271. The van der Waals surface area contributed by atoms with E-state index in [1.54, 1.807) is 26.2 Å². The molecule has 1 aliphatic rings. The Labute approximate surface area is 102 Å². The van der Waals surface area contributed by atoms with Crippen molar-refractivity contribution in [1.29, 1.82) is 0 Å². The minimum absolute atomic E-state index is 0.196. The molecular weight excluding hydrogens is 217 g/mol. The highest BCUT2D eigenvalue weighted by Crippen LogP contribution is 2.51. The van der Waals surface area contributed by atoms with Crippen LogP contribution in [0.15, 0.2) is 12.1 Å². The lowest BCUT2D eigenvalue weighted by molar-refractivity contribution is 0.351. The Balaban J connectivity index is 2.54. The Hall–Kier alpha value is -1.09. The lowest BCUT2D eigenvalue weighted by Crippen LogP contribution is -2.43. The maximum absolute atomic E-state index is 13.7. The van der Waals surface area contributed by atoms with Crippen molar-refractivity contribution in [2.75, 3.05) is 7.11 Å². The highest BCUT2D eigenvalue weighted by Gasteiger charge is 2.53. The molecule has 0 amide bonds. The molecule has 1 fully saturated rings. The fourth-order valence-corrected chi connectivity index (χ4v) is 2.34. The zero-order chi connectivity index (χ0) is 12.8. The van der Waals surface area contributed by atoms with Crippen LogP contribution in [0.25, 0.3) is 0 Å². The van der Waals surface area contributed by atoms with E-state index in [0.717, 1.165) is 24.2 Å². The summed E-state index contributed by atoms with van der Waals surface area (Å²) in [7, 11) is 1.61. The molecular formula is C14H20FNO. The first-order valence-corrected chi connectivity index (χ1v) is 5.95. The molecule has 1 aromatic carbocycles. The Bertz CT molecular complexity index is 450. The number of hydrogen-bond acceptors (Lipinski definition) is 2. The van der Waals surface area contributed by atoms with Gasteiger partial charge in [0.25, 0.3) is 0 Å². The molecule has 1 saturated carbocycles. The first-order valence-electron chi connectivity index (χ1n) is 5.95. The molecule has 2 rings (SSSR count). The summed E-state index contributed by atoms with van der Waals surface area (Å²) in [5.41, 5.74) is 7.26. The van der Waals surface area contributed by atoms with E-state index in [0.29, 0.717) is 5.56 Å². The Morgan fingerprint density at radius 2 is 1.94 bits per heavy atom. The second kappa shape index (κ2) is 3.70. The number of nitrogens with two attached hydrogens (primary N) is 1. The largest absolute Gasteiger partial charge is 0.496 e. The van der Waals surface area contributed by atoms with Crippen molar-refractivity contribution in [3.63, 3.8) is 0 Å². The van der Waals surface area contributed by atoms with E-state index in [1.165, 1.54) is 0 Å². The molecule has 0 atom stereocenters. The van der Waals surface area contributed by atoms with Crippen LogP contribution in [-0.2, 0) is 5.41 Å². The lowest BCUT2D eigenvalue weighted by Gasteiger charge is -2.34. The molecule has 0 aliphatic heterocycles. The zero-order valence-electron chi connectivity index (χ0n) is 10.9. The molecule has 1 aliphatic carbocycles. The summed E-state index contributed by atoms with van der Waals surface area (Å²) in [6.45, 7) is 5.86. The highest BCUT2D eigenvalue weighted by atomic mass is 19.1. The van der Waals surface area contributed by atoms with Crippen LogP contribution < -0.4 is 10.5 Å². The monoisotopic (exact) mass is 237 g/mol. The number of methoxy groups -OCH3 is 1. The average Bonchev–Trinajstić information content (AvgIpc) is 3.01. The first-order chi connectivity index (χ1) is 7.82. The van der Waals surface area contributed by atoms with Crippen LogP contribution in [0.3, 0.4) is 0 Å². The van der Waals surface area contributed by atoms with E-state index < -0.39 is 0 Å². The van der Waals surface area contributed by atoms with Crippen LogP contribution >= 0.6 is 0 Å². The predicted molar refractivity (Wildman–Crippen MR) is 66.9 cm³/mol. The zero-order valence-corrected chi connectivity index (χ0v) is 10.9. The summed E-state index contributed by atoms with van der Waals surface area (Å²) in [6.07, 6.45) is 1.97. The molecule has 0 heterocycles. The van der Waals surface area contributed by atoms with Crippen LogP contribution in [-0.4, -0.2) is 12.6 Å². The second-order valence-corrected chi connectivity index (χ2v) is 5.58. The SMILES string of the molecule is COc1cc(C)c(F)cc1C(C)(C)C1(N)CC1. The summed E-state index contributed by atoms with van der Waals surface area (Å²) in [5.74, 6) is 0.531. The normalized spacial score (nSPS) is 18.0. The number of benzene rings is 1. The van der Waals surface area contributed by atoms with Crippen LogP contribution in [0, 0.1) is 12.7 Å². The first kappa shape index (κ1) is 12.4. The van der Waals surface area contributed by atoms with Crippen molar-refractivity contribution in [2.24, 2.45) is 5.73 Å². The van der Waals surface area contributed by atoms with Gasteiger partial charge in [0, 0.05) is 16.5 Å². The minimum Gasteiger partial charge on any atom is -0.496 e. The molecule has 1 aromatic rings. The molecule has 0 spiro atoms. The maximum atomic E-state index is 13.7. The second-order valence-electron chi connectivity index (χ2n) is 5.58. The van der Waals surface area contributed by atoms with Gasteiger partial charge in [-0.2, -0.15) is 0 Å². The smallest absolute Gasteiger partial charge is 0.126 e. The van der Waals surface area contributed by atoms with Crippen molar-refractivity contribution in [2.45, 2.75) is 44.6 Å². The van der Waals surface area contributed by atoms with Gasteiger partial charge in [-0.1, -0.05) is 13.8 Å². The van der Waals surface area contributed by atoms with E-state index in [-0.39, 0.29) is 16.8 Å². The molecule has 3 heteroatoms. The molecule has 94 valence electrons. The van der Waals surface area contributed by atoms with Gasteiger partial charge in [-0.15, -0.1) is 0 Å². The fourth-order valence-electron chi connectivity index (χ4n) is 2.34. The van der Waals surface area contributed by atoms with E-state index in [9.17, 15) is 4.39 Å². The molecule has 0 saturated heterocycles. The van der Waals surface area contributed by atoms with Crippen LogP contribution in [0.4, 0.5) is 4.39 Å². The summed E-state index contributed by atoms with van der Waals surface area (Å²) in [4.78, 5) is 0. The van der Waals surface area contributed by atoms with Crippen LogP contribution in [0.5, 0.6) is 5.75 Å². The van der Waals surface area contributed by atoms with Crippen molar-refractivity contribution < 1.29 is 9.13 Å². The van der Waals surface area contributed by atoms with Gasteiger partial charge >= 0.3 is 0 Å². The Kier molecular flexibility index (Phi) is 2.69. The number of halogens is 1. The van der Waals surface area contributed by atoms with Gasteiger partial charge in [-0.25, -0.2) is 4.39 Å². The van der Waals surface area contributed by atoms with E-state index >= 15 is 0 Å². The standard InChI is InChI=1S/C14H20FNO/c1-9-7-12(17-4)10(8-11(9)15)13(2,3)14(16)5-6-14/h7-8H,5-6,16H2,1-4H3. The molecule has 0 unspecified atom stereocenters. The highest BCUT2D eigenvalue weighted by molar-refractivity contribution is 5.45. The fraction of sp³-hybridized carbons (Fsp3) is 0.571. The van der Waals surface area contributed by atoms with Gasteiger partial charge in [0.1, 0.15) is 11.6 Å². The quantitative estimate of drug-likeness (QED) is 0.877. The van der Waals surface area contributed by atoms with Crippen LogP contribution in [0.1, 0.15) is 37.8 Å². The summed E-state index contributed by atoms with van der Waals surface area (Å²) in [5, 5.41) is 0. The molecule has 0 radical (unpaired) electrons. The third-order valence-corrected chi connectivity index (χ3v) is 4.19. The lowest BCUT2D eigenvalue weighted by atomic mass is 9.75. The summed E-state index contributed by atoms with van der Waals surface area (Å²) in [6, 6.07) is 3.32. The number of rotatable bonds is 3. The Morgan fingerprint density at radius 1 is 1.35 bits per heavy atom. The van der Waals surface area contributed by atoms with Gasteiger partial charge < -0.3 is 10.5 Å². The Morgan fingerprint density at radius 3 is 2.41 bits per heavy atom. The molecule has 2 nitrogen and oxygen atoms in total. The van der Waals surface area contributed by atoms with Gasteiger partial charge in [-0.05, 0) is 37.5 Å². The third-order valence-electron chi connectivity index (χ3n) is 4.19. The van der Waals surface area contributed by atoms with Gasteiger partial charge in [-0.3, -0.25) is 0 Å². The van der Waals surface area contributed by atoms with Crippen molar-refractivity contribution >= 4 is 0 Å². The number of hydrogen-bond donors (Lipinski definition) is 1. The number of aryl methyl sites for hydroxylation is 1. The maximum Gasteiger partial charge on any atom is 0.126 e. The van der Waals surface area contributed by atoms with E-state index in [2.05, 4.69) is 13.8 Å².